The fourth-order valence-electron chi connectivity index (χ4n) is 0. The fourth-order valence-corrected chi connectivity index (χ4v) is 0. The number of carbonyl (C=O) groups is 1. The summed E-state index contributed by atoms with van der Waals surface area (Å²) in [5.74, 6) is 0. The maximum atomic E-state index is 10.1. The van der Waals surface area contributed by atoms with Crippen molar-refractivity contribution in [2.45, 2.75) is 26.4 Å². The van der Waals surface area contributed by atoms with Gasteiger partial charge >= 0.3 is 172 Å². The Balaban J connectivity index is -0.0000000221. The molecule has 12 heavy (non-hydrogen) atoms. The van der Waals surface area contributed by atoms with Crippen molar-refractivity contribution >= 4 is 6.16 Å². The standard InChI is InChI=1S/C4H9O.CH2O3.Cs.2K/c1-4(2,3)5;2-1(3)4;;;/h1-3H3;(H2,2,3,4);;;/q-1;;3*+1/p-2. The van der Waals surface area contributed by atoms with E-state index < -0.39 is 11.8 Å². The Hall–Kier alpha value is 4.55. The summed E-state index contributed by atoms with van der Waals surface area (Å²) in [5, 5.41) is 26.8. The van der Waals surface area contributed by atoms with Crippen molar-refractivity contribution in [3.8, 4) is 0 Å². The van der Waals surface area contributed by atoms with Crippen LogP contribution in [0, 0.1) is 0 Å². The molecule has 0 amide bonds. The van der Waals surface area contributed by atoms with Crippen LogP contribution in [0.1, 0.15) is 20.8 Å². The van der Waals surface area contributed by atoms with E-state index >= 15 is 0 Å². The molecule has 4 nitrogen and oxygen atoms in total. The zero-order chi connectivity index (χ0) is 8.08. The van der Waals surface area contributed by atoms with Gasteiger partial charge in [-0.2, -0.15) is 0 Å². The molecule has 0 aromatic carbocycles. The molecular weight excluding hydrogens is 335 g/mol. The molecule has 0 aliphatic rings. The molecule has 0 fully saturated rings. The molecule has 0 aromatic rings. The van der Waals surface area contributed by atoms with E-state index in [1.54, 1.807) is 20.8 Å². The minimum absolute atomic E-state index is 0. The normalized spacial score (nSPS) is 7.00. The zero-order valence-corrected chi connectivity index (χ0v) is 21.2. The maximum Gasteiger partial charge on any atom is 1.00 e. The van der Waals surface area contributed by atoms with Gasteiger partial charge in [0, 0.05) is 0 Å². The van der Waals surface area contributed by atoms with Gasteiger partial charge in [0.1, 0.15) is 0 Å². The summed E-state index contributed by atoms with van der Waals surface area (Å²) in [6.45, 7) is 4.90. The third-order valence-electron chi connectivity index (χ3n) is 0. The van der Waals surface area contributed by atoms with Gasteiger partial charge in [0.05, 0.1) is 0 Å². The summed E-state index contributed by atoms with van der Waals surface area (Å²) < 4.78 is 0. The summed E-state index contributed by atoms with van der Waals surface area (Å²) in [6.07, 6.45) is -2.33. The average Bonchev–Trinajstić information content (AvgIpc) is 1.19. The van der Waals surface area contributed by atoms with E-state index in [9.17, 15) is 5.11 Å². The van der Waals surface area contributed by atoms with Crippen LogP contribution in [-0.2, 0) is 0 Å². The van der Waals surface area contributed by atoms with E-state index in [1.165, 1.54) is 0 Å². The second-order valence-corrected chi connectivity index (χ2v) is 2.36. The van der Waals surface area contributed by atoms with Crippen molar-refractivity contribution in [1.82, 2.24) is 0 Å². The topological polar surface area (TPSA) is 86.2 Å². The Morgan fingerprint density at radius 3 is 1.08 bits per heavy atom. The van der Waals surface area contributed by atoms with Crippen LogP contribution in [0.3, 0.4) is 0 Å². The van der Waals surface area contributed by atoms with Gasteiger partial charge in [-0.3, -0.25) is 0 Å². The van der Waals surface area contributed by atoms with Gasteiger partial charge < -0.3 is 20.1 Å². The first-order valence-electron chi connectivity index (χ1n) is 2.32. The van der Waals surface area contributed by atoms with Crippen LogP contribution in [0.5, 0.6) is 0 Å². The molecule has 0 saturated carbocycles. The van der Waals surface area contributed by atoms with Crippen LogP contribution in [0.2, 0.25) is 0 Å². The Bertz CT molecular complexity index is 83.9. The first-order chi connectivity index (χ1) is 3.73. The van der Waals surface area contributed by atoms with E-state index in [0.29, 0.717) is 0 Å². The number of hydrogen-bond donors (Lipinski definition) is 0. The van der Waals surface area contributed by atoms with E-state index in [2.05, 4.69) is 0 Å². The smallest absolute Gasteiger partial charge is 0.850 e. The number of carbonyl (C=O) groups excluding carboxylic acids is 1. The number of carboxylic acid groups (broad SMARTS) is 2. The summed E-state index contributed by atoms with van der Waals surface area (Å²) >= 11 is 0. The molecule has 0 atom stereocenters. The Morgan fingerprint density at radius 1 is 1.08 bits per heavy atom. The van der Waals surface area contributed by atoms with Gasteiger partial charge in [0.25, 0.3) is 0 Å². The molecule has 0 N–H and O–H groups in total. The molecule has 0 bridgehead atoms. The van der Waals surface area contributed by atoms with Crippen molar-refractivity contribution in [2.75, 3.05) is 0 Å². The third-order valence-corrected chi connectivity index (χ3v) is 0. The molecule has 0 radical (unpaired) electrons. The second-order valence-electron chi connectivity index (χ2n) is 2.36. The molecule has 0 unspecified atom stereocenters. The molecule has 0 aliphatic carbocycles. The minimum Gasteiger partial charge on any atom is -0.850 e. The largest absolute Gasteiger partial charge is 1.00 e. The predicted octanol–water partition coefficient (Wildman–Crippen LogP) is -11.3. The van der Waals surface area contributed by atoms with Crippen LogP contribution < -0.4 is 187 Å². The molecule has 0 spiro atoms. The van der Waals surface area contributed by atoms with Crippen LogP contribution in [-0.4, -0.2) is 11.8 Å². The van der Waals surface area contributed by atoms with E-state index in [0.717, 1.165) is 0 Å². The number of hydrogen-bond acceptors (Lipinski definition) is 4. The molecule has 0 saturated heterocycles. The summed E-state index contributed by atoms with van der Waals surface area (Å²) in [7, 11) is 0. The van der Waals surface area contributed by atoms with Crippen molar-refractivity contribution in [3.05, 3.63) is 0 Å². The minimum atomic E-state index is -2.33. The monoisotopic (exact) mass is 344 g/mol. The first kappa shape index (κ1) is 30.0. The Labute approximate surface area is 217 Å². The van der Waals surface area contributed by atoms with Gasteiger partial charge in [-0.15, -0.1) is 5.60 Å². The molecule has 7 heteroatoms. The Kier molecular flexibility index (Phi) is 44.8. The van der Waals surface area contributed by atoms with Crippen LogP contribution in [0.4, 0.5) is 4.79 Å². The van der Waals surface area contributed by atoms with Gasteiger partial charge in [0.15, 0.2) is 0 Å². The maximum absolute atomic E-state index is 10.1. The van der Waals surface area contributed by atoms with Gasteiger partial charge in [-0.1, -0.05) is 20.8 Å². The predicted molar refractivity (Wildman–Crippen MR) is 25.1 cm³/mol. The summed E-state index contributed by atoms with van der Waals surface area (Å²) in [6, 6.07) is 0. The third kappa shape index (κ3) is 129. The van der Waals surface area contributed by atoms with Crippen molar-refractivity contribution < 1.29 is 192 Å². The van der Waals surface area contributed by atoms with Gasteiger partial charge in [0.2, 0.25) is 0 Å². The van der Waals surface area contributed by atoms with Crippen LogP contribution >= 0.6 is 0 Å². The average molecular weight is 344 g/mol. The van der Waals surface area contributed by atoms with Crippen LogP contribution in [0.15, 0.2) is 0 Å². The Morgan fingerprint density at radius 2 is 1.08 bits per heavy atom. The second kappa shape index (κ2) is 17.9. The molecular formula is C5H9CsK2O4. The van der Waals surface area contributed by atoms with Crippen molar-refractivity contribution in [1.29, 1.82) is 0 Å². The van der Waals surface area contributed by atoms with Crippen molar-refractivity contribution in [3.63, 3.8) is 0 Å². The fraction of sp³-hybridized carbons (Fsp3) is 0.800. The van der Waals surface area contributed by atoms with Crippen molar-refractivity contribution in [2.24, 2.45) is 0 Å². The summed E-state index contributed by atoms with van der Waals surface area (Å²) in [5.41, 5.74) is -0.750. The van der Waals surface area contributed by atoms with E-state index in [4.69, 9.17) is 15.0 Å². The zero-order valence-electron chi connectivity index (χ0n) is 8.63. The van der Waals surface area contributed by atoms with Gasteiger partial charge in [-0.25, -0.2) is 0 Å². The SMILES string of the molecule is CC(C)(C)[O-].O=C([O-])[O-].[Cs+].[K+].[K+]. The van der Waals surface area contributed by atoms with Crippen LogP contribution in [0.25, 0.3) is 0 Å². The summed E-state index contributed by atoms with van der Waals surface area (Å²) in [4.78, 5) is 8.33. The van der Waals surface area contributed by atoms with E-state index in [1.807, 2.05) is 0 Å². The molecule has 0 rings (SSSR count). The quantitative estimate of drug-likeness (QED) is 0.409. The number of rotatable bonds is 0. The molecule has 0 aliphatic heterocycles. The molecule has 56 valence electrons. The van der Waals surface area contributed by atoms with Gasteiger partial charge in [-0.05, 0) is 6.16 Å². The molecule has 0 aromatic heterocycles. The van der Waals surface area contributed by atoms with E-state index in [-0.39, 0.29) is 172 Å². The molecule has 0 heterocycles. The first-order valence-corrected chi connectivity index (χ1v) is 2.32.